The second-order valence-electron chi connectivity index (χ2n) is 9.53. The Hall–Kier alpha value is -3.63. The van der Waals surface area contributed by atoms with Gasteiger partial charge in [-0.25, -0.2) is 0 Å². The van der Waals surface area contributed by atoms with E-state index in [9.17, 15) is 24.0 Å². The summed E-state index contributed by atoms with van der Waals surface area (Å²) in [5.74, 6) is -0.637. The van der Waals surface area contributed by atoms with Crippen molar-refractivity contribution in [3.05, 3.63) is 29.8 Å². The standard InChI is InChI=1S/C26H37N5O6/c1-17-24(34)27-13-5-15-31(26(36)20-11-12-23(33)28-20)14-4-6-22(32)29-21(25(35)30(17)2)16-18-7-9-19(37-3)10-8-18/h7-10,17,20-21H,4-6,11-16H2,1-3H3,(H,27,34)(H,28,33)(H,29,32)/t17-,20+,21-/m0/s1. The van der Waals surface area contributed by atoms with Crippen molar-refractivity contribution in [1.29, 1.82) is 0 Å². The van der Waals surface area contributed by atoms with Crippen LogP contribution in [0.1, 0.15) is 44.6 Å². The fourth-order valence-corrected chi connectivity index (χ4v) is 4.49. The van der Waals surface area contributed by atoms with Gasteiger partial charge in [0.1, 0.15) is 23.9 Å². The molecule has 11 nitrogen and oxygen atoms in total. The van der Waals surface area contributed by atoms with E-state index < -0.39 is 18.1 Å². The molecule has 0 aromatic heterocycles. The molecule has 1 aromatic rings. The summed E-state index contributed by atoms with van der Waals surface area (Å²) in [6, 6.07) is 5.05. The number of likely N-dealkylation sites (N-methyl/N-ethyl adjacent to an activating group) is 1. The number of benzene rings is 1. The number of nitrogens with zero attached hydrogens (tertiary/aromatic N) is 2. The number of hydrogen-bond donors (Lipinski definition) is 3. The van der Waals surface area contributed by atoms with Gasteiger partial charge < -0.3 is 30.5 Å². The van der Waals surface area contributed by atoms with Gasteiger partial charge in [-0.1, -0.05) is 12.1 Å². The van der Waals surface area contributed by atoms with Gasteiger partial charge in [-0.3, -0.25) is 24.0 Å². The van der Waals surface area contributed by atoms with Crippen LogP contribution in [0, 0.1) is 0 Å². The van der Waals surface area contributed by atoms with E-state index in [0.29, 0.717) is 51.1 Å². The van der Waals surface area contributed by atoms with Crippen molar-refractivity contribution in [2.45, 2.75) is 63.6 Å². The van der Waals surface area contributed by atoms with Crippen LogP contribution in [-0.4, -0.2) is 91.3 Å². The summed E-state index contributed by atoms with van der Waals surface area (Å²) in [5, 5.41) is 8.36. The average Bonchev–Trinajstić information content (AvgIpc) is 3.33. The first-order valence-electron chi connectivity index (χ1n) is 12.7. The Morgan fingerprint density at radius 3 is 2.32 bits per heavy atom. The molecule has 202 valence electrons. The van der Waals surface area contributed by atoms with E-state index in [1.807, 2.05) is 12.1 Å². The Labute approximate surface area is 217 Å². The second-order valence-corrected chi connectivity index (χ2v) is 9.53. The first kappa shape index (κ1) is 27.9. The van der Waals surface area contributed by atoms with Crippen molar-refractivity contribution in [2.24, 2.45) is 0 Å². The highest BCUT2D eigenvalue weighted by atomic mass is 16.5. The van der Waals surface area contributed by atoms with Gasteiger partial charge in [0.05, 0.1) is 7.11 Å². The third-order valence-corrected chi connectivity index (χ3v) is 6.88. The number of carbonyl (C=O) groups excluding carboxylic acids is 5. The van der Waals surface area contributed by atoms with Crippen molar-refractivity contribution in [1.82, 2.24) is 25.8 Å². The summed E-state index contributed by atoms with van der Waals surface area (Å²) in [4.78, 5) is 66.5. The highest BCUT2D eigenvalue weighted by Crippen LogP contribution is 2.15. The molecule has 3 atom stereocenters. The minimum Gasteiger partial charge on any atom is -0.497 e. The van der Waals surface area contributed by atoms with Gasteiger partial charge in [0, 0.05) is 45.9 Å². The first-order chi connectivity index (χ1) is 17.7. The van der Waals surface area contributed by atoms with Crippen LogP contribution >= 0.6 is 0 Å². The lowest BCUT2D eigenvalue weighted by atomic mass is 10.0. The molecule has 2 aliphatic heterocycles. The van der Waals surface area contributed by atoms with E-state index in [1.165, 1.54) is 4.90 Å². The summed E-state index contributed by atoms with van der Waals surface area (Å²) in [6.07, 6.45) is 2.06. The van der Waals surface area contributed by atoms with E-state index in [2.05, 4.69) is 16.0 Å². The highest BCUT2D eigenvalue weighted by molar-refractivity contribution is 5.92. The summed E-state index contributed by atoms with van der Waals surface area (Å²) >= 11 is 0. The summed E-state index contributed by atoms with van der Waals surface area (Å²) in [5.41, 5.74) is 0.832. The first-order valence-corrected chi connectivity index (χ1v) is 12.7. The molecule has 0 radical (unpaired) electrons. The normalized spacial score (nSPS) is 24.5. The maximum Gasteiger partial charge on any atom is 0.245 e. The second kappa shape index (κ2) is 13.1. The number of methoxy groups -OCH3 is 1. The van der Waals surface area contributed by atoms with E-state index in [4.69, 9.17) is 4.74 Å². The molecular formula is C26H37N5O6. The number of nitrogens with one attached hydrogen (secondary N) is 3. The predicted molar refractivity (Wildman–Crippen MR) is 135 cm³/mol. The largest absolute Gasteiger partial charge is 0.497 e. The van der Waals surface area contributed by atoms with Gasteiger partial charge in [0.15, 0.2) is 0 Å². The maximum atomic E-state index is 13.3. The molecule has 11 heteroatoms. The van der Waals surface area contributed by atoms with Gasteiger partial charge in [-0.15, -0.1) is 0 Å². The molecule has 3 rings (SSSR count). The van der Waals surface area contributed by atoms with Crippen LogP contribution in [0.2, 0.25) is 0 Å². The number of carbonyl (C=O) groups is 5. The topological polar surface area (TPSA) is 137 Å². The van der Waals surface area contributed by atoms with Crippen molar-refractivity contribution in [3.8, 4) is 5.75 Å². The fourth-order valence-electron chi connectivity index (χ4n) is 4.49. The third-order valence-electron chi connectivity index (χ3n) is 6.88. The summed E-state index contributed by atoms with van der Waals surface area (Å²) in [7, 11) is 3.12. The van der Waals surface area contributed by atoms with Crippen LogP contribution < -0.4 is 20.7 Å². The molecule has 0 aliphatic carbocycles. The van der Waals surface area contributed by atoms with Crippen LogP contribution in [0.25, 0.3) is 0 Å². The van der Waals surface area contributed by atoms with Crippen molar-refractivity contribution < 1.29 is 28.7 Å². The number of amides is 5. The molecule has 1 aromatic carbocycles. The molecule has 0 unspecified atom stereocenters. The van der Waals surface area contributed by atoms with Gasteiger partial charge in [0.25, 0.3) is 0 Å². The van der Waals surface area contributed by atoms with E-state index >= 15 is 0 Å². The molecule has 2 heterocycles. The molecule has 5 amide bonds. The van der Waals surface area contributed by atoms with Crippen molar-refractivity contribution >= 4 is 29.5 Å². The number of ether oxygens (including phenoxy) is 1. The van der Waals surface area contributed by atoms with Gasteiger partial charge in [0.2, 0.25) is 29.5 Å². The maximum absolute atomic E-state index is 13.3. The smallest absolute Gasteiger partial charge is 0.245 e. The lowest BCUT2D eigenvalue weighted by molar-refractivity contribution is -0.141. The lowest BCUT2D eigenvalue weighted by Crippen LogP contribution is -2.54. The predicted octanol–water partition coefficient (Wildman–Crippen LogP) is -0.0233. The Balaban J connectivity index is 1.75. The average molecular weight is 516 g/mol. The molecule has 2 fully saturated rings. The minimum absolute atomic E-state index is 0.129. The Morgan fingerprint density at radius 1 is 1.00 bits per heavy atom. The van der Waals surface area contributed by atoms with Crippen LogP contribution in [-0.2, 0) is 30.4 Å². The molecule has 2 aliphatic rings. The van der Waals surface area contributed by atoms with Gasteiger partial charge in [-0.2, -0.15) is 0 Å². The molecule has 37 heavy (non-hydrogen) atoms. The van der Waals surface area contributed by atoms with E-state index in [1.54, 1.807) is 38.1 Å². The molecular weight excluding hydrogens is 478 g/mol. The fraction of sp³-hybridized carbons (Fsp3) is 0.577. The van der Waals surface area contributed by atoms with Gasteiger partial charge in [-0.05, 0) is 43.9 Å². The molecule has 3 N–H and O–H groups in total. The molecule has 0 spiro atoms. The van der Waals surface area contributed by atoms with Crippen molar-refractivity contribution in [2.75, 3.05) is 33.8 Å². The zero-order valence-electron chi connectivity index (χ0n) is 21.7. The minimum atomic E-state index is -0.863. The van der Waals surface area contributed by atoms with Gasteiger partial charge >= 0.3 is 0 Å². The van der Waals surface area contributed by atoms with Crippen LogP contribution in [0.3, 0.4) is 0 Å². The summed E-state index contributed by atoms with van der Waals surface area (Å²) < 4.78 is 5.19. The third kappa shape index (κ3) is 7.68. The monoisotopic (exact) mass is 515 g/mol. The lowest BCUT2D eigenvalue weighted by Gasteiger charge is -2.29. The number of hydrogen-bond acceptors (Lipinski definition) is 6. The molecule has 0 saturated carbocycles. The van der Waals surface area contributed by atoms with Crippen LogP contribution in [0.5, 0.6) is 5.75 Å². The van der Waals surface area contributed by atoms with Crippen LogP contribution in [0.15, 0.2) is 24.3 Å². The Morgan fingerprint density at radius 2 is 1.68 bits per heavy atom. The quantitative estimate of drug-likeness (QED) is 0.515. The van der Waals surface area contributed by atoms with Crippen LogP contribution in [0.4, 0.5) is 0 Å². The Bertz CT molecular complexity index is 998. The van der Waals surface area contributed by atoms with E-state index in [0.717, 1.165) is 5.56 Å². The zero-order valence-corrected chi connectivity index (χ0v) is 21.7. The zero-order chi connectivity index (χ0) is 26.9. The highest BCUT2D eigenvalue weighted by Gasteiger charge is 2.32. The summed E-state index contributed by atoms with van der Waals surface area (Å²) in [6.45, 7) is 2.69. The Kier molecular flexibility index (Phi) is 9.87. The molecule has 2 saturated heterocycles. The molecule has 0 bridgehead atoms. The van der Waals surface area contributed by atoms with Crippen molar-refractivity contribution in [3.63, 3.8) is 0 Å². The van der Waals surface area contributed by atoms with E-state index in [-0.39, 0.29) is 42.4 Å². The SMILES string of the molecule is COc1ccc(C[C@@H]2NC(=O)CCCN(C(=O)[C@H]3CCC(=O)N3)CCCNC(=O)[C@H](C)N(C)C2=O)cc1. The number of rotatable bonds is 4.